The maximum Gasteiger partial charge on any atom is 0.271 e. The monoisotopic (exact) mass is 454 g/mol. The molecule has 1 atom stereocenters. The fourth-order valence-corrected chi connectivity index (χ4v) is 5.38. The predicted molar refractivity (Wildman–Crippen MR) is 131 cm³/mol. The zero-order valence-corrected chi connectivity index (χ0v) is 20.5. The van der Waals surface area contributed by atoms with Crippen LogP contribution in [-0.2, 0) is 11.3 Å². The molecule has 2 amide bonds. The molecule has 2 aromatic rings. The molecule has 180 valence electrons. The molecule has 0 unspecified atom stereocenters. The number of hydrogen-bond acceptors (Lipinski definition) is 4. The van der Waals surface area contributed by atoms with E-state index in [0.717, 1.165) is 62.0 Å². The topological polar surface area (TPSA) is 66.8 Å². The van der Waals surface area contributed by atoms with Crippen LogP contribution in [0.1, 0.15) is 63.4 Å². The molecule has 1 N–H and O–H groups in total. The minimum atomic E-state index is -0.955. The van der Waals surface area contributed by atoms with Crippen molar-refractivity contribution in [2.75, 3.05) is 33.3 Å². The largest absolute Gasteiger partial charge is 0.497 e. The van der Waals surface area contributed by atoms with Gasteiger partial charge in [0.25, 0.3) is 5.91 Å². The molecule has 33 heavy (non-hydrogen) atoms. The van der Waals surface area contributed by atoms with Crippen LogP contribution < -0.4 is 10.1 Å². The number of likely N-dealkylation sites (N-methyl/N-ethyl adjacent to an activating group) is 1. The van der Waals surface area contributed by atoms with Crippen molar-refractivity contribution < 1.29 is 14.3 Å². The van der Waals surface area contributed by atoms with E-state index < -0.39 is 5.54 Å². The van der Waals surface area contributed by atoms with Crippen LogP contribution in [0, 0.1) is 0 Å². The maximum absolute atomic E-state index is 13.8. The summed E-state index contributed by atoms with van der Waals surface area (Å²) in [4.78, 5) is 31.7. The summed E-state index contributed by atoms with van der Waals surface area (Å²) in [6.45, 7) is 9.73. The standard InChI is InChI=1S/C26H38N4O3/c1-5-28(6-2)14-15-30-24(31)23-16-19-12-13-21(33-4)17-22(19)29(23)18-26(30,3)25(32)27-20-10-8-7-9-11-20/h12-13,16-17,20H,5-11,14-15,18H2,1-4H3,(H,27,32)/t26-/m1/s1. The Morgan fingerprint density at radius 3 is 2.58 bits per heavy atom. The number of aromatic nitrogens is 1. The molecule has 1 aliphatic carbocycles. The van der Waals surface area contributed by atoms with Crippen LogP contribution in [0.15, 0.2) is 24.3 Å². The van der Waals surface area contributed by atoms with Crippen molar-refractivity contribution in [2.45, 2.75) is 71.0 Å². The van der Waals surface area contributed by atoms with Gasteiger partial charge in [-0.2, -0.15) is 0 Å². The van der Waals surface area contributed by atoms with Crippen LogP contribution in [0.25, 0.3) is 10.9 Å². The second kappa shape index (κ2) is 9.75. The lowest BCUT2D eigenvalue weighted by Crippen LogP contribution is -2.65. The summed E-state index contributed by atoms with van der Waals surface area (Å²) in [6, 6.07) is 7.99. The summed E-state index contributed by atoms with van der Waals surface area (Å²) in [6.07, 6.45) is 5.57. The number of fused-ring (bicyclic) bond motifs is 3. The summed E-state index contributed by atoms with van der Waals surface area (Å²) in [5.41, 5.74) is 0.613. The SMILES string of the molecule is CCN(CC)CCN1C(=O)c2cc3ccc(OC)cc3n2C[C@]1(C)C(=O)NC1CCCCC1. The number of methoxy groups -OCH3 is 1. The highest BCUT2D eigenvalue weighted by Gasteiger charge is 2.48. The third-order valence-corrected chi connectivity index (χ3v) is 7.60. The molecule has 4 rings (SSSR count). The first-order valence-electron chi connectivity index (χ1n) is 12.4. The smallest absolute Gasteiger partial charge is 0.271 e. The highest BCUT2D eigenvalue weighted by Crippen LogP contribution is 2.34. The molecule has 1 saturated carbocycles. The van der Waals surface area contributed by atoms with Gasteiger partial charge in [0.2, 0.25) is 5.91 Å². The van der Waals surface area contributed by atoms with Crippen molar-refractivity contribution >= 4 is 22.7 Å². The van der Waals surface area contributed by atoms with Crippen LogP contribution in [0.3, 0.4) is 0 Å². The molecular formula is C26H38N4O3. The lowest BCUT2D eigenvalue weighted by molar-refractivity contribution is -0.133. The molecule has 1 fully saturated rings. The van der Waals surface area contributed by atoms with E-state index in [1.54, 1.807) is 7.11 Å². The Morgan fingerprint density at radius 2 is 1.91 bits per heavy atom. The van der Waals surface area contributed by atoms with Crippen molar-refractivity contribution in [3.63, 3.8) is 0 Å². The Bertz CT molecular complexity index is 1010. The highest BCUT2D eigenvalue weighted by atomic mass is 16.5. The van der Waals surface area contributed by atoms with E-state index in [-0.39, 0.29) is 17.9 Å². The summed E-state index contributed by atoms with van der Waals surface area (Å²) in [5.74, 6) is 0.621. The van der Waals surface area contributed by atoms with Gasteiger partial charge in [-0.3, -0.25) is 9.59 Å². The van der Waals surface area contributed by atoms with Crippen molar-refractivity contribution in [3.8, 4) is 5.75 Å². The summed E-state index contributed by atoms with van der Waals surface area (Å²) in [5, 5.41) is 4.29. The van der Waals surface area contributed by atoms with E-state index in [1.165, 1.54) is 6.42 Å². The van der Waals surface area contributed by atoms with Crippen LogP contribution in [-0.4, -0.2) is 71.1 Å². The average molecular weight is 455 g/mol. The average Bonchev–Trinajstić information content (AvgIpc) is 3.19. The zero-order valence-electron chi connectivity index (χ0n) is 20.5. The molecule has 0 radical (unpaired) electrons. The Kier molecular flexibility index (Phi) is 6.98. The fraction of sp³-hybridized carbons (Fsp3) is 0.615. The number of benzene rings is 1. The van der Waals surface area contributed by atoms with E-state index in [2.05, 4.69) is 24.1 Å². The van der Waals surface area contributed by atoms with Gasteiger partial charge in [-0.25, -0.2) is 0 Å². The van der Waals surface area contributed by atoms with Gasteiger partial charge >= 0.3 is 0 Å². The van der Waals surface area contributed by atoms with Crippen molar-refractivity contribution in [3.05, 3.63) is 30.0 Å². The van der Waals surface area contributed by atoms with Gasteiger partial charge < -0.3 is 24.4 Å². The Labute approximate surface area is 197 Å². The van der Waals surface area contributed by atoms with Gasteiger partial charge in [0, 0.05) is 30.6 Å². The third kappa shape index (κ3) is 4.47. The molecule has 7 nitrogen and oxygen atoms in total. The minimum absolute atomic E-state index is 0.0438. The van der Waals surface area contributed by atoms with Crippen molar-refractivity contribution in [1.29, 1.82) is 0 Å². The van der Waals surface area contributed by atoms with Gasteiger partial charge in [-0.05, 0) is 51.1 Å². The summed E-state index contributed by atoms with van der Waals surface area (Å²) >= 11 is 0. The molecular weight excluding hydrogens is 416 g/mol. The van der Waals surface area contributed by atoms with Gasteiger partial charge in [0.1, 0.15) is 17.0 Å². The first-order chi connectivity index (χ1) is 15.9. The highest BCUT2D eigenvalue weighted by molar-refractivity contribution is 6.03. The summed E-state index contributed by atoms with van der Waals surface area (Å²) in [7, 11) is 1.64. The molecule has 2 heterocycles. The number of rotatable bonds is 8. The molecule has 1 aromatic heterocycles. The van der Waals surface area contributed by atoms with Crippen LogP contribution in [0.4, 0.5) is 0 Å². The number of carbonyl (C=O) groups excluding carboxylic acids is 2. The number of amides is 2. The zero-order chi connectivity index (χ0) is 23.6. The number of ether oxygens (including phenoxy) is 1. The molecule has 1 aromatic carbocycles. The second-order valence-electron chi connectivity index (χ2n) is 9.61. The third-order valence-electron chi connectivity index (χ3n) is 7.60. The van der Waals surface area contributed by atoms with E-state index in [4.69, 9.17) is 4.74 Å². The molecule has 2 aliphatic rings. The van der Waals surface area contributed by atoms with Crippen LogP contribution >= 0.6 is 0 Å². The number of hydrogen-bond donors (Lipinski definition) is 1. The van der Waals surface area contributed by atoms with E-state index >= 15 is 0 Å². The van der Waals surface area contributed by atoms with E-state index in [0.29, 0.717) is 18.8 Å². The lowest BCUT2D eigenvalue weighted by Gasteiger charge is -2.45. The van der Waals surface area contributed by atoms with Gasteiger partial charge in [-0.15, -0.1) is 0 Å². The maximum atomic E-state index is 13.8. The van der Waals surface area contributed by atoms with Gasteiger partial charge in [0.15, 0.2) is 0 Å². The lowest BCUT2D eigenvalue weighted by atomic mass is 9.91. The van der Waals surface area contributed by atoms with Gasteiger partial charge in [0.05, 0.1) is 19.2 Å². The normalized spacial score (nSPS) is 21.5. The van der Waals surface area contributed by atoms with Crippen LogP contribution in [0.5, 0.6) is 5.75 Å². The van der Waals surface area contributed by atoms with Crippen molar-refractivity contribution in [1.82, 2.24) is 19.7 Å². The minimum Gasteiger partial charge on any atom is -0.497 e. The number of nitrogens with zero attached hydrogens (tertiary/aromatic N) is 3. The first kappa shape index (κ1) is 23.6. The van der Waals surface area contributed by atoms with Crippen LogP contribution in [0.2, 0.25) is 0 Å². The van der Waals surface area contributed by atoms with E-state index in [9.17, 15) is 9.59 Å². The van der Waals surface area contributed by atoms with Gasteiger partial charge in [-0.1, -0.05) is 33.1 Å². The molecule has 0 saturated heterocycles. The Balaban J connectivity index is 1.71. The molecule has 0 spiro atoms. The predicted octanol–water partition coefficient (Wildman–Crippen LogP) is 3.66. The molecule has 1 aliphatic heterocycles. The first-order valence-corrected chi connectivity index (χ1v) is 12.4. The quantitative estimate of drug-likeness (QED) is 0.661. The molecule has 0 bridgehead atoms. The summed E-state index contributed by atoms with van der Waals surface area (Å²) < 4.78 is 7.44. The number of nitrogens with one attached hydrogen (secondary N) is 1. The Hall–Kier alpha value is -2.54. The Morgan fingerprint density at radius 1 is 1.18 bits per heavy atom. The number of carbonyl (C=O) groups is 2. The van der Waals surface area contributed by atoms with Crippen molar-refractivity contribution in [2.24, 2.45) is 0 Å². The fourth-order valence-electron chi connectivity index (χ4n) is 5.38. The van der Waals surface area contributed by atoms with E-state index in [1.807, 2.05) is 40.7 Å². The second-order valence-corrected chi connectivity index (χ2v) is 9.61. The molecule has 7 heteroatoms.